The van der Waals surface area contributed by atoms with E-state index in [9.17, 15) is 8.42 Å². The smallest absolute Gasteiger partial charge is 0.150 e. The summed E-state index contributed by atoms with van der Waals surface area (Å²) in [5.41, 5.74) is 1.20. The van der Waals surface area contributed by atoms with E-state index in [1.165, 1.54) is 5.56 Å². The quantitative estimate of drug-likeness (QED) is 0.838. The van der Waals surface area contributed by atoms with Gasteiger partial charge in [0.05, 0.1) is 17.7 Å². The Balaban J connectivity index is 1.93. The maximum Gasteiger partial charge on any atom is 0.150 e. The van der Waals surface area contributed by atoms with Crippen molar-refractivity contribution in [1.82, 2.24) is 15.1 Å². The Morgan fingerprint density at radius 2 is 2.37 bits per heavy atom. The minimum Gasteiger partial charge on any atom is -0.314 e. The summed E-state index contributed by atoms with van der Waals surface area (Å²) in [6.45, 7) is 2.99. The zero-order valence-corrected chi connectivity index (χ0v) is 12.5. The molecular formula is C13H23N3O2S. The van der Waals surface area contributed by atoms with Gasteiger partial charge < -0.3 is 5.32 Å². The van der Waals surface area contributed by atoms with Crippen LogP contribution in [0.15, 0.2) is 12.4 Å². The molecule has 0 aromatic carbocycles. The third-order valence-electron chi connectivity index (χ3n) is 3.68. The molecule has 0 spiro atoms. The van der Waals surface area contributed by atoms with Gasteiger partial charge in [-0.1, -0.05) is 6.92 Å². The molecule has 0 amide bonds. The molecule has 1 N–H and O–H groups in total. The zero-order chi connectivity index (χ0) is 13.9. The third-order valence-corrected chi connectivity index (χ3v) is 5.51. The Labute approximate surface area is 115 Å². The molecule has 5 nitrogen and oxygen atoms in total. The van der Waals surface area contributed by atoms with Crippen LogP contribution in [0, 0.1) is 5.92 Å². The fraction of sp³-hybridized carbons (Fsp3) is 0.769. The summed E-state index contributed by atoms with van der Waals surface area (Å²) in [6.07, 6.45) is 6.57. The van der Waals surface area contributed by atoms with Crippen molar-refractivity contribution in [2.24, 2.45) is 13.0 Å². The molecule has 0 bridgehead atoms. The van der Waals surface area contributed by atoms with Gasteiger partial charge in [0.25, 0.3) is 0 Å². The van der Waals surface area contributed by atoms with E-state index in [-0.39, 0.29) is 0 Å². The summed E-state index contributed by atoms with van der Waals surface area (Å²) in [5, 5.41) is 7.64. The number of likely N-dealkylation sites (N-methyl/N-ethyl adjacent to an activating group) is 1. The molecule has 0 radical (unpaired) electrons. The molecule has 1 fully saturated rings. The molecule has 1 aromatic heterocycles. The number of rotatable bonds is 6. The highest BCUT2D eigenvalue weighted by molar-refractivity contribution is 7.91. The van der Waals surface area contributed by atoms with Crippen LogP contribution >= 0.6 is 0 Å². The second-order valence-corrected chi connectivity index (χ2v) is 7.71. The molecule has 2 rings (SSSR count). The van der Waals surface area contributed by atoms with Crippen LogP contribution in [0.3, 0.4) is 0 Å². The van der Waals surface area contributed by atoms with Crippen LogP contribution < -0.4 is 5.32 Å². The van der Waals surface area contributed by atoms with Gasteiger partial charge in [0.1, 0.15) is 0 Å². The predicted octanol–water partition coefficient (Wildman–Crippen LogP) is 0.765. The van der Waals surface area contributed by atoms with Gasteiger partial charge in [-0.2, -0.15) is 5.10 Å². The average Bonchev–Trinajstić information content (AvgIpc) is 2.85. The summed E-state index contributed by atoms with van der Waals surface area (Å²) >= 11 is 0. The van der Waals surface area contributed by atoms with Gasteiger partial charge in [-0.3, -0.25) is 4.68 Å². The van der Waals surface area contributed by atoms with Crippen LogP contribution in [0.4, 0.5) is 0 Å². The van der Waals surface area contributed by atoms with Crippen molar-refractivity contribution >= 4 is 9.84 Å². The molecule has 6 heteroatoms. The van der Waals surface area contributed by atoms with Crippen molar-refractivity contribution in [3.05, 3.63) is 18.0 Å². The molecule has 2 unspecified atom stereocenters. The van der Waals surface area contributed by atoms with Gasteiger partial charge >= 0.3 is 0 Å². The normalized spacial score (nSPS) is 23.6. The van der Waals surface area contributed by atoms with Crippen LogP contribution in [0.5, 0.6) is 0 Å². The molecule has 2 atom stereocenters. The number of hydrogen-bond acceptors (Lipinski definition) is 4. The van der Waals surface area contributed by atoms with Gasteiger partial charge in [-0.15, -0.1) is 0 Å². The van der Waals surface area contributed by atoms with Crippen molar-refractivity contribution < 1.29 is 8.42 Å². The van der Waals surface area contributed by atoms with Gasteiger partial charge in [-0.05, 0) is 37.3 Å². The lowest BCUT2D eigenvalue weighted by Gasteiger charge is -2.20. The predicted molar refractivity (Wildman–Crippen MR) is 75.8 cm³/mol. The first-order valence-corrected chi connectivity index (χ1v) is 8.72. The molecule has 1 aliphatic heterocycles. The standard InChI is InChI=1S/C13H23N3O2S/c1-3-14-13(7-12-8-15-16(2)9-12)6-11-4-5-19(17,18)10-11/h8-9,11,13-14H,3-7,10H2,1-2H3. The Kier molecular flexibility index (Phi) is 4.62. The van der Waals surface area contributed by atoms with E-state index in [0.717, 1.165) is 25.8 Å². The summed E-state index contributed by atoms with van der Waals surface area (Å²) in [4.78, 5) is 0. The SMILES string of the molecule is CCNC(Cc1cnn(C)c1)CC1CCS(=O)(=O)C1. The van der Waals surface area contributed by atoms with E-state index in [2.05, 4.69) is 17.3 Å². The van der Waals surface area contributed by atoms with Crippen LogP contribution in [0.2, 0.25) is 0 Å². The second kappa shape index (κ2) is 6.05. The Morgan fingerprint density at radius 3 is 2.89 bits per heavy atom. The maximum absolute atomic E-state index is 11.5. The first kappa shape index (κ1) is 14.5. The summed E-state index contributed by atoms with van der Waals surface area (Å²) < 4.78 is 24.8. The van der Waals surface area contributed by atoms with E-state index in [1.807, 2.05) is 19.4 Å². The van der Waals surface area contributed by atoms with Crippen molar-refractivity contribution in [1.29, 1.82) is 0 Å². The highest BCUT2D eigenvalue weighted by Gasteiger charge is 2.29. The van der Waals surface area contributed by atoms with Crippen LogP contribution in [0.1, 0.15) is 25.3 Å². The van der Waals surface area contributed by atoms with Gasteiger partial charge in [-0.25, -0.2) is 8.42 Å². The Morgan fingerprint density at radius 1 is 1.58 bits per heavy atom. The molecule has 1 saturated heterocycles. The molecule has 108 valence electrons. The van der Waals surface area contributed by atoms with E-state index in [0.29, 0.717) is 23.5 Å². The number of aromatic nitrogens is 2. The maximum atomic E-state index is 11.5. The van der Waals surface area contributed by atoms with Gasteiger partial charge in [0.15, 0.2) is 9.84 Å². The van der Waals surface area contributed by atoms with Crippen molar-refractivity contribution in [3.63, 3.8) is 0 Å². The summed E-state index contributed by atoms with van der Waals surface area (Å²) in [7, 11) is -0.857. The number of hydrogen-bond donors (Lipinski definition) is 1. The highest BCUT2D eigenvalue weighted by Crippen LogP contribution is 2.24. The monoisotopic (exact) mass is 285 g/mol. The third kappa shape index (κ3) is 4.31. The van der Waals surface area contributed by atoms with E-state index in [1.54, 1.807) is 4.68 Å². The molecule has 1 aliphatic rings. The topological polar surface area (TPSA) is 64.0 Å². The van der Waals surface area contributed by atoms with Crippen molar-refractivity contribution in [3.8, 4) is 0 Å². The van der Waals surface area contributed by atoms with Crippen molar-refractivity contribution in [2.45, 2.75) is 32.2 Å². The lowest BCUT2D eigenvalue weighted by atomic mass is 9.95. The van der Waals surface area contributed by atoms with Gasteiger partial charge in [0.2, 0.25) is 0 Å². The van der Waals surface area contributed by atoms with Crippen LogP contribution in [-0.2, 0) is 23.3 Å². The molecule has 0 aliphatic carbocycles. The summed E-state index contributed by atoms with van der Waals surface area (Å²) in [5.74, 6) is 1.04. The number of sulfone groups is 1. The van der Waals surface area contributed by atoms with E-state index >= 15 is 0 Å². The number of nitrogens with one attached hydrogen (secondary N) is 1. The molecule has 2 heterocycles. The average molecular weight is 285 g/mol. The summed E-state index contributed by atoms with van der Waals surface area (Å²) in [6, 6.07) is 0.340. The van der Waals surface area contributed by atoms with Crippen LogP contribution in [0.25, 0.3) is 0 Å². The number of nitrogens with zero attached hydrogens (tertiary/aromatic N) is 2. The Hall–Kier alpha value is -0.880. The fourth-order valence-corrected chi connectivity index (χ4v) is 4.73. The lowest BCUT2D eigenvalue weighted by Crippen LogP contribution is -2.33. The fourth-order valence-electron chi connectivity index (χ4n) is 2.85. The molecule has 19 heavy (non-hydrogen) atoms. The van der Waals surface area contributed by atoms with E-state index < -0.39 is 9.84 Å². The first-order valence-electron chi connectivity index (χ1n) is 6.90. The molecule has 0 saturated carbocycles. The highest BCUT2D eigenvalue weighted by atomic mass is 32.2. The van der Waals surface area contributed by atoms with Crippen LogP contribution in [-0.4, -0.2) is 42.3 Å². The molecule has 1 aromatic rings. The minimum absolute atomic E-state index is 0.311. The zero-order valence-electron chi connectivity index (χ0n) is 11.7. The number of aryl methyl sites for hydroxylation is 1. The van der Waals surface area contributed by atoms with Crippen molar-refractivity contribution in [2.75, 3.05) is 18.1 Å². The second-order valence-electron chi connectivity index (χ2n) is 5.49. The largest absolute Gasteiger partial charge is 0.314 e. The van der Waals surface area contributed by atoms with Gasteiger partial charge in [0, 0.05) is 19.3 Å². The lowest BCUT2D eigenvalue weighted by molar-refractivity contribution is 0.409. The molecular weight excluding hydrogens is 262 g/mol. The minimum atomic E-state index is -2.77. The van der Waals surface area contributed by atoms with E-state index in [4.69, 9.17) is 0 Å². The Bertz CT molecular complexity index is 510. The first-order chi connectivity index (χ1) is 8.98.